The highest BCUT2D eigenvalue weighted by Gasteiger charge is 2.24. The van der Waals surface area contributed by atoms with E-state index < -0.39 is 9.84 Å². The lowest BCUT2D eigenvalue weighted by Gasteiger charge is -2.17. The lowest BCUT2D eigenvalue weighted by atomic mass is 10.2. The highest BCUT2D eigenvalue weighted by atomic mass is 32.2. The van der Waals surface area contributed by atoms with Crippen LogP contribution in [0.25, 0.3) is 0 Å². The Kier molecular flexibility index (Phi) is 5.82. The molecule has 0 saturated carbocycles. The second-order valence-electron chi connectivity index (χ2n) is 7.05. The molecule has 1 atom stereocenters. The number of urea groups is 1. The fourth-order valence-corrected chi connectivity index (χ4v) is 3.89. The molecule has 0 unspecified atom stereocenters. The van der Waals surface area contributed by atoms with Crippen molar-refractivity contribution in [3.8, 4) is 0 Å². The van der Waals surface area contributed by atoms with Crippen molar-refractivity contribution in [1.29, 1.82) is 0 Å². The van der Waals surface area contributed by atoms with Gasteiger partial charge in [0.1, 0.15) is 0 Å². The van der Waals surface area contributed by atoms with Crippen molar-refractivity contribution in [1.82, 2.24) is 10.2 Å². The molecular formula is C20H25N3O3S. The van der Waals surface area contributed by atoms with Crippen LogP contribution in [0.2, 0.25) is 0 Å². The molecule has 0 aromatic heterocycles. The zero-order valence-electron chi connectivity index (χ0n) is 15.6. The van der Waals surface area contributed by atoms with Crippen LogP contribution in [0.3, 0.4) is 0 Å². The Bertz CT molecular complexity index is 913. The Labute approximate surface area is 160 Å². The van der Waals surface area contributed by atoms with Gasteiger partial charge in [-0.05, 0) is 36.6 Å². The quantitative estimate of drug-likeness (QED) is 0.827. The van der Waals surface area contributed by atoms with Crippen LogP contribution in [0.1, 0.15) is 17.5 Å². The van der Waals surface area contributed by atoms with Crippen molar-refractivity contribution >= 4 is 21.6 Å². The zero-order chi connectivity index (χ0) is 19.4. The molecule has 2 aromatic carbocycles. The van der Waals surface area contributed by atoms with Crippen LogP contribution in [-0.4, -0.2) is 44.7 Å². The molecule has 1 aliphatic rings. The van der Waals surface area contributed by atoms with Gasteiger partial charge in [0.25, 0.3) is 0 Å². The molecule has 0 bridgehead atoms. The highest BCUT2D eigenvalue weighted by Crippen LogP contribution is 2.20. The predicted molar refractivity (Wildman–Crippen MR) is 107 cm³/mol. The van der Waals surface area contributed by atoms with Crippen molar-refractivity contribution in [3.63, 3.8) is 0 Å². The lowest BCUT2D eigenvalue weighted by molar-refractivity contribution is 0.247. The largest absolute Gasteiger partial charge is 0.334 e. The summed E-state index contributed by atoms with van der Waals surface area (Å²) >= 11 is 0. The van der Waals surface area contributed by atoms with E-state index in [1.54, 1.807) is 12.1 Å². The molecule has 0 aliphatic carbocycles. The van der Waals surface area contributed by atoms with E-state index in [0.29, 0.717) is 5.69 Å². The molecule has 2 N–H and O–H groups in total. The Morgan fingerprint density at radius 3 is 2.63 bits per heavy atom. The Morgan fingerprint density at radius 2 is 1.93 bits per heavy atom. The Morgan fingerprint density at radius 1 is 1.19 bits per heavy atom. The van der Waals surface area contributed by atoms with Crippen LogP contribution in [-0.2, 0) is 16.4 Å². The number of sulfone groups is 1. The first kappa shape index (κ1) is 19.4. The average molecular weight is 388 g/mol. The van der Waals surface area contributed by atoms with Gasteiger partial charge in [-0.3, -0.25) is 4.90 Å². The first-order valence-corrected chi connectivity index (χ1v) is 10.8. The summed E-state index contributed by atoms with van der Waals surface area (Å²) in [6.07, 6.45) is 2.05. The minimum Gasteiger partial charge on any atom is -0.334 e. The maximum Gasteiger partial charge on any atom is 0.319 e. The molecule has 27 heavy (non-hydrogen) atoms. The molecule has 0 radical (unpaired) electrons. The number of carbonyl (C=O) groups is 1. The molecule has 7 heteroatoms. The third kappa shape index (κ3) is 5.30. The van der Waals surface area contributed by atoms with Crippen molar-refractivity contribution in [2.75, 3.05) is 24.7 Å². The van der Waals surface area contributed by atoms with Crippen LogP contribution in [0.5, 0.6) is 0 Å². The zero-order valence-corrected chi connectivity index (χ0v) is 16.4. The number of anilines is 1. The Balaban J connectivity index is 1.56. The van der Waals surface area contributed by atoms with Crippen LogP contribution in [0, 0.1) is 6.92 Å². The molecule has 144 valence electrons. The second kappa shape index (κ2) is 8.10. The molecule has 1 saturated heterocycles. The van der Waals surface area contributed by atoms with E-state index in [1.165, 1.54) is 11.6 Å². The summed E-state index contributed by atoms with van der Waals surface area (Å²) in [6, 6.07) is 14.8. The first-order chi connectivity index (χ1) is 12.8. The standard InChI is InChI=1S/C20H25N3O3S/c1-15-8-9-18(27(2,25)26)12-19(15)22-20(24)21-17-10-11-23(14-17)13-16-6-4-3-5-7-16/h3-9,12,17H,10-11,13-14H2,1-2H3,(H2,21,22,24)/t17-/m0/s1. The highest BCUT2D eigenvalue weighted by molar-refractivity contribution is 7.90. The number of carbonyl (C=O) groups excluding carboxylic acids is 1. The van der Waals surface area contributed by atoms with Gasteiger partial charge in [0.2, 0.25) is 0 Å². The number of amides is 2. The fourth-order valence-electron chi connectivity index (χ4n) is 3.25. The van der Waals surface area contributed by atoms with Crippen LogP contribution < -0.4 is 10.6 Å². The second-order valence-corrected chi connectivity index (χ2v) is 9.07. The van der Waals surface area contributed by atoms with Gasteiger partial charge < -0.3 is 10.6 Å². The number of likely N-dealkylation sites (tertiary alicyclic amines) is 1. The van der Waals surface area contributed by atoms with Gasteiger partial charge in [-0.25, -0.2) is 13.2 Å². The summed E-state index contributed by atoms with van der Waals surface area (Å²) in [5.41, 5.74) is 2.58. The monoisotopic (exact) mass is 387 g/mol. The maximum absolute atomic E-state index is 12.4. The lowest BCUT2D eigenvalue weighted by Crippen LogP contribution is -2.39. The minimum atomic E-state index is -3.32. The van der Waals surface area contributed by atoms with E-state index in [4.69, 9.17) is 0 Å². The third-order valence-corrected chi connectivity index (χ3v) is 5.85. The summed E-state index contributed by atoms with van der Waals surface area (Å²) in [5.74, 6) is 0. The Hall–Kier alpha value is -2.38. The van der Waals surface area contributed by atoms with E-state index in [9.17, 15) is 13.2 Å². The van der Waals surface area contributed by atoms with Crippen molar-refractivity contribution in [2.45, 2.75) is 30.8 Å². The number of hydrogen-bond donors (Lipinski definition) is 2. The molecule has 1 aliphatic heterocycles. The van der Waals surface area contributed by atoms with Crippen molar-refractivity contribution < 1.29 is 13.2 Å². The molecule has 1 heterocycles. The van der Waals surface area contributed by atoms with Gasteiger partial charge in [-0.1, -0.05) is 36.4 Å². The fraction of sp³-hybridized carbons (Fsp3) is 0.350. The number of aryl methyl sites for hydroxylation is 1. The predicted octanol–water partition coefficient (Wildman–Crippen LogP) is 2.79. The minimum absolute atomic E-state index is 0.0760. The SMILES string of the molecule is Cc1ccc(S(C)(=O)=O)cc1NC(=O)N[C@H]1CCN(Cc2ccccc2)C1. The summed E-state index contributed by atoms with van der Waals surface area (Å²) in [4.78, 5) is 14.9. The van der Waals surface area contributed by atoms with Crippen LogP contribution in [0.15, 0.2) is 53.4 Å². The molecule has 2 aromatic rings. The normalized spacial score (nSPS) is 17.6. The molecule has 0 spiro atoms. The van der Waals surface area contributed by atoms with Gasteiger partial charge in [0.05, 0.1) is 4.90 Å². The summed E-state index contributed by atoms with van der Waals surface area (Å²) in [7, 11) is -3.32. The number of benzene rings is 2. The molecule has 2 amide bonds. The smallest absolute Gasteiger partial charge is 0.319 e. The summed E-state index contributed by atoms with van der Waals surface area (Å²) in [5, 5.41) is 5.77. The number of rotatable bonds is 5. The van der Waals surface area contributed by atoms with E-state index in [2.05, 4.69) is 27.7 Å². The van der Waals surface area contributed by atoms with Gasteiger partial charge in [-0.15, -0.1) is 0 Å². The number of nitrogens with one attached hydrogen (secondary N) is 2. The van der Waals surface area contributed by atoms with E-state index in [1.807, 2.05) is 25.1 Å². The first-order valence-electron chi connectivity index (χ1n) is 8.96. The number of nitrogens with zero attached hydrogens (tertiary/aromatic N) is 1. The van der Waals surface area contributed by atoms with Crippen molar-refractivity contribution in [2.24, 2.45) is 0 Å². The molecule has 1 fully saturated rings. The van der Waals surface area contributed by atoms with Gasteiger partial charge in [0, 0.05) is 37.6 Å². The number of hydrogen-bond acceptors (Lipinski definition) is 4. The van der Waals surface area contributed by atoms with E-state index >= 15 is 0 Å². The maximum atomic E-state index is 12.4. The van der Waals surface area contributed by atoms with E-state index in [-0.39, 0.29) is 17.0 Å². The molecular weight excluding hydrogens is 362 g/mol. The summed E-state index contributed by atoms with van der Waals surface area (Å²) < 4.78 is 23.4. The summed E-state index contributed by atoms with van der Waals surface area (Å²) in [6.45, 7) is 4.43. The topological polar surface area (TPSA) is 78.5 Å². The van der Waals surface area contributed by atoms with Gasteiger partial charge in [0.15, 0.2) is 9.84 Å². The third-order valence-electron chi connectivity index (χ3n) is 4.74. The van der Waals surface area contributed by atoms with Crippen molar-refractivity contribution in [3.05, 3.63) is 59.7 Å². The van der Waals surface area contributed by atoms with Crippen LogP contribution >= 0.6 is 0 Å². The van der Waals surface area contributed by atoms with Gasteiger partial charge in [-0.2, -0.15) is 0 Å². The molecule has 3 rings (SSSR count). The molecule has 6 nitrogen and oxygen atoms in total. The van der Waals surface area contributed by atoms with Crippen LogP contribution in [0.4, 0.5) is 10.5 Å². The van der Waals surface area contributed by atoms with E-state index in [0.717, 1.165) is 37.9 Å². The van der Waals surface area contributed by atoms with Gasteiger partial charge >= 0.3 is 6.03 Å². The average Bonchev–Trinajstić information content (AvgIpc) is 3.03.